The highest BCUT2D eigenvalue weighted by atomic mass is 19.1. The minimum atomic E-state index is -0.492. The third kappa shape index (κ3) is 3.91. The van der Waals surface area contributed by atoms with Crippen molar-refractivity contribution < 1.29 is 9.18 Å². The molecule has 0 saturated heterocycles. The fourth-order valence-corrected chi connectivity index (χ4v) is 2.67. The second-order valence-corrected chi connectivity index (χ2v) is 5.84. The van der Waals surface area contributed by atoms with Gasteiger partial charge < -0.3 is 10.2 Å². The predicted molar refractivity (Wildman–Crippen MR) is 99.6 cm³/mol. The lowest BCUT2D eigenvalue weighted by Crippen LogP contribution is -2.23. The van der Waals surface area contributed by atoms with Crippen LogP contribution in [0.5, 0.6) is 0 Å². The minimum Gasteiger partial charge on any atom is -0.357 e. The van der Waals surface area contributed by atoms with Crippen LogP contribution in [0.4, 0.5) is 15.9 Å². The highest BCUT2D eigenvalue weighted by Gasteiger charge is 2.13. The number of halogens is 1. The SMILES string of the molecule is CCN(CC)c1ccc(C(=O)Nc2ccc(F)c(-n3nnnc3C)c2)cn1. The van der Waals surface area contributed by atoms with Crippen molar-refractivity contribution in [2.24, 2.45) is 0 Å². The largest absolute Gasteiger partial charge is 0.357 e. The van der Waals surface area contributed by atoms with E-state index in [1.165, 1.54) is 29.1 Å². The number of pyridine rings is 1. The highest BCUT2D eigenvalue weighted by Crippen LogP contribution is 2.20. The fraction of sp³-hybridized carbons (Fsp3) is 0.278. The summed E-state index contributed by atoms with van der Waals surface area (Å²) in [5.41, 5.74) is 1.000. The number of carbonyl (C=O) groups is 1. The van der Waals surface area contributed by atoms with Crippen LogP contribution in [0.2, 0.25) is 0 Å². The van der Waals surface area contributed by atoms with E-state index < -0.39 is 5.82 Å². The van der Waals surface area contributed by atoms with Crippen molar-refractivity contribution in [1.29, 1.82) is 0 Å². The van der Waals surface area contributed by atoms with Gasteiger partial charge in [-0.15, -0.1) is 5.10 Å². The zero-order valence-corrected chi connectivity index (χ0v) is 15.3. The Morgan fingerprint density at radius 1 is 1.22 bits per heavy atom. The van der Waals surface area contributed by atoms with Gasteiger partial charge in [-0.1, -0.05) is 0 Å². The first-order valence-corrected chi connectivity index (χ1v) is 8.60. The molecule has 1 aromatic carbocycles. The van der Waals surface area contributed by atoms with Crippen LogP contribution >= 0.6 is 0 Å². The standard InChI is InChI=1S/C18H20FN7O/c1-4-25(5-2)17-9-6-13(11-20-17)18(27)21-14-7-8-15(19)16(10-14)26-12(3)22-23-24-26/h6-11H,4-5H2,1-3H3,(H,21,27). The molecule has 3 aromatic rings. The van der Waals surface area contributed by atoms with E-state index in [9.17, 15) is 9.18 Å². The molecule has 0 radical (unpaired) electrons. The summed E-state index contributed by atoms with van der Waals surface area (Å²) in [5, 5.41) is 13.8. The number of nitrogens with one attached hydrogen (secondary N) is 1. The average Bonchev–Trinajstić information content (AvgIpc) is 3.10. The Bertz CT molecular complexity index is 935. The summed E-state index contributed by atoms with van der Waals surface area (Å²) >= 11 is 0. The number of hydrogen-bond acceptors (Lipinski definition) is 6. The Balaban J connectivity index is 1.79. The summed E-state index contributed by atoms with van der Waals surface area (Å²) in [4.78, 5) is 18.9. The summed E-state index contributed by atoms with van der Waals surface area (Å²) in [7, 11) is 0. The molecule has 0 fully saturated rings. The number of benzene rings is 1. The molecule has 27 heavy (non-hydrogen) atoms. The van der Waals surface area contributed by atoms with Crippen LogP contribution in [0.1, 0.15) is 30.0 Å². The smallest absolute Gasteiger partial charge is 0.257 e. The minimum absolute atomic E-state index is 0.158. The molecule has 140 valence electrons. The van der Waals surface area contributed by atoms with E-state index in [4.69, 9.17) is 0 Å². The lowest BCUT2D eigenvalue weighted by molar-refractivity contribution is 0.102. The third-order valence-corrected chi connectivity index (χ3v) is 4.16. The van der Waals surface area contributed by atoms with Gasteiger partial charge in [0, 0.05) is 25.0 Å². The Morgan fingerprint density at radius 3 is 2.59 bits per heavy atom. The fourth-order valence-electron chi connectivity index (χ4n) is 2.67. The predicted octanol–water partition coefficient (Wildman–Crippen LogP) is 2.60. The van der Waals surface area contributed by atoms with E-state index in [1.54, 1.807) is 13.0 Å². The van der Waals surface area contributed by atoms with Crippen molar-refractivity contribution in [1.82, 2.24) is 25.2 Å². The summed E-state index contributed by atoms with van der Waals surface area (Å²) in [5.74, 6) is 0.427. The molecule has 9 heteroatoms. The maximum Gasteiger partial charge on any atom is 0.257 e. The Hall–Kier alpha value is -3.36. The van der Waals surface area contributed by atoms with Crippen LogP contribution in [0.3, 0.4) is 0 Å². The zero-order chi connectivity index (χ0) is 19.4. The summed E-state index contributed by atoms with van der Waals surface area (Å²) in [6.07, 6.45) is 1.53. The number of nitrogens with zero attached hydrogens (tertiary/aromatic N) is 6. The third-order valence-electron chi connectivity index (χ3n) is 4.16. The van der Waals surface area contributed by atoms with Crippen molar-refractivity contribution in [3.63, 3.8) is 0 Å². The normalized spacial score (nSPS) is 10.7. The lowest BCUT2D eigenvalue weighted by atomic mass is 10.2. The molecule has 1 amide bonds. The van der Waals surface area contributed by atoms with Gasteiger partial charge in [0.15, 0.2) is 5.82 Å². The van der Waals surface area contributed by atoms with Gasteiger partial charge in [-0.3, -0.25) is 4.79 Å². The molecule has 0 aliphatic carbocycles. The van der Waals surface area contributed by atoms with Gasteiger partial charge in [-0.2, -0.15) is 4.68 Å². The number of rotatable bonds is 6. The van der Waals surface area contributed by atoms with Gasteiger partial charge in [0.05, 0.1) is 5.56 Å². The Kier molecular flexibility index (Phi) is 5.39. The van der Waals surface area contributed by atoms with Crippen molar-refractivity contribution in [3.05, 3.63) is 53.7 Å². The molecule has 0 atom stereocenters. The zero-order valence-electron chi connectivity index (χ0n) is 15.3. The molecule has 2 heterocycles. The van der Waals surface area contributed by atoms with Gasteiger partial charge in [-0.25, -0.2) is 9.37 Å². The molecule has 0 bridgehead atoms. The average molecular weight is 369 g/mol. The van der Waals surface area contributed by atoms with Crippen LogP contribution < -0.4 is 10.2 Å². The molecule has 3 rings (SSSR count). The number of anilines is 2. The second kappa shape index (κ2) is 7.90. The summed E-state index contributed by atoms with van der Waals surface area (Å²) < 4.78 is 15.4. The van der Waals surface area contributed by atoms with Gasteiger partial charge in [0.1, 0.15) is 17.3 Å². The van der Waals surface area contributed by atoms with E-state index in [-0.39, 0.29) is 11.6 Å². The number of hydrogen-bond donors (Lipinski definition) is 1. The summed E-state index contributed by atoms with van der Waals surface area (Å²) in [6, 6.07) is 7.74. The molecule has 2 aromatic heterocycles. The summed E-state index contributed by atoms with van der Waals surface area (Å²) in [6.45, 7) is 7.43. The first kappa shape index (κ1) is 18.4. The van der Waals surface area contributed by atoms with Crippen molar-refractivity contribution in [2.75, 3.05) is 23.3 Å². The van der Waals surface area contributed by atoms with E-state index in [2.05, 4.69) is 30.7 Å². The van der Waals surface area contributed by atoms with Crippen molar-refractivity contribution in [2.45, 2.75) is 20.8 Å². The Morgan fingerprint density at radius 2 is 2.00 bits per heavy atom. The second-order valence-electron chi connectivity index (χ2n) is 5.84. The van der Waals surface area contributed by atoms with E-state index in [0.717, 1.165) is 18.9 Å². The monoisotopic (exact) mass is 369 g/mol. The molecule has 0 aliphatic heterocycles. The van der Waals surface area contributed by atoms with Gasteiger partial charge in [0.25, 0.3) is 5.91 Å². The number of carbonyl (C=O) groups excluding carboxylic acids is 1. The van der Waals surface area contributed by atoms with Crippen LogP contribution in [-0.2, 0) is 0 Å². The number of aromatic nitrogens is 5. The van der Waals surface area contributed by atoms with Crippen LogP contribution in [-0.4, -0.2) is 44.2 Å². The maximum atomic E-state index is 14.1. The van der Waals surface area contributed by atoms with E-state index in [1.807, 2.05) is 19.9 Å². The molecular formula is C18H20FN7O. The van der Waals surface area contributed by atoms with Crippen LogP contribution in [0.25, 0.3) is 5.69 Å². The van der Waals surface area contributed by atoms with Gasteiger partial charge >= 0.3 is 0 Å². The molecule has 0 unspecified atom stereocenters. The molecule has 8 nitrogen and oxygen atoms in total. The topological polar surface area (TPSA) is 88.8 Å². The first-order chi connectivity index (χ1) is 13.0. The van der Waals surface area contributed by atoms with E-state index in [0.29, 0.717) is 17.1 Å². The number of amides is 1. The molecule has 0 spiro atoms. The van der Waals surface area contributed by atoms with Crippen LogP contribution in [0.15, 0.2) is 36.5 Å². The number of aryl methyl sites for hydroxylation is 1. The Labute approximate surface area is 156 Å². The van der Waals surface area contributed by atoms with E-state index >= 15 is 0 Å². The molecule has 0 aliphatic rings. The quantitative estimate of drug-likeness (QED) is 0.718. The highest BCUT2D eigenvalue weighted by molar-refractivity contribution is 6.04. The molecule has 1 N–H and O–H groups in total. The van der Waals surface area contributed by atoms with Gasteiger partial charge in [-0.05, 0) is 61.5 Å². The lowest BCUT2D eigenvalue weighted by Gasteiger charge is -2.19. The van der Waals surface area contributed by atoms with Gasteiger partial charge in [0.2, 0.25) is 0 Å². The van der Waals surface area contributed by atoms with Crippen LogP contribution in [0, 0.1) is 12.7 Å². The molecule has 0 saturated carbocycles. The maximum absolute atomic E-state index is 14.1. The van der Waals surface area contributed by atoms with Crippen molar-refractivity contribution in [3.8, 4) is 5.69 Å². The first-order valence-electron chi connectivity index (χ1n) is 8.60. The van der Waals surface area contributed by atoms with Crippen molar-refractivity contribution >= 4 is 17.4 Å². The number of tetrazole rings is 1. The molecular weight excluding hydrogens is 349 g/mol.